The first-order chi connectivity index (χ1) is 13.6. The second kappa shape index (κ2) is 8.90. The van der Waals surface area contributed by atoms with Crippen molar-refractivity contribution in [3.05, 3.63) is 97.9 Å². The molecule has 0 spiro atoms. The molecule has 0 aliphatic carbocycles. The average molecular weight is 378 g/mol. The van der Waals surface area contributed by atoms with Crippen molar-refractivity contribution in [1.82, 2.24) is 9.97 Å². The van der Waals surface area contributed by atoms with Crippen LogP contribution in [0.3, 0.4) is 0 Å². The molecule has 0 bridgehead atoms. The second-order valence-electron chi connectivity index (χ2n) is 6.30. The number of aromatic nitrogens is 2. The lowest BCUT2D eigenvalue weighted by molar-refractivity contribution is 0.239. The van der Waals surface area contributed by atoms with Crippen molar-refractivity contribution < 1.29 is 9.47 Å². The average Bonchev–Trinajstić information content (AvgIpc) is 2.68. The number of nitrogens with one attached hydrogen (secondary N) is 2. The van der Waals surface area contributed by atoms with E-state index in [1.165, 1.54) is 0 Å². The highest BCUT2D eigenvalue weighted by Crippen LogP contribution is 2.25. The van der Waals surface area contributed by atoms with Gasteiger partial charge in [0.05, 0.1) is 11.8 Å². The van der Waals surface area contributed by atoms with Gasteiger partial charge in [-0.15, -0.1) is 0 Å². The Morgan fingerprint density at radius 2 is 1.82 bits per heavy atom. The van der Waals surface area contributed by atoms with E-state index in [1.54, 1.807) is 12.3 Å². The molecule has 3 aromatic rings. The van der Waals surface area contributed by atoms with Crippen LogP contribution in [0, 0.1) is 6.92 Å². The zero-order valence-corrected chi connectivity index (χ0v) is 15.8. The van der Waals surface area contributed by atoms with Crippen LogP contribution in [0.25, 0.3) is 6.08 Å². The molecule has 0 fully saturated rings. The summed E-state index contributed by atoms with van der Waals surface area (Å²) < 4.78 is 11.4. The Bertz CT molecular complexity index is 1080. The first-order valence-electron chi connectivity index (χ1n) is 9.03. The summed E-state index contributed by atoms with van der Waals surface area (Å²) in [5.74, 6) is 0.743. The normalized spacial score (nSPS) is 10.9. The molecule has 3 rings (SSSR count). The minimum Gasteiger partial charge on any atom is -0.496 e. The third-order valence-corrected chi connectivity index (χ3v) is 4.22. The standard InChI is InChI=1S/C22H22N2O4/c1-3-18-20(25)23-22(26)24-21(18)28-19-10-9-16(13-15(19)2)11-12-27-14-17-7-5-4-6-8-17/h4-13H,3,14H2,1-2H3,(H2,23,24,25,26)/b12-11+. The summed E-state index contributed by atoms with van der Waals surface area (Å²) in [7, 11) is 0. The number of aromatic amines is 2. The van der Waals surface area contributed by atoms with E-state index in [0.29, 0.717) is 24.3 Å². The summed E-state index contributed by atoms with van der Waals surface area (Å²) in [6.45, 7) is 4.23. The van der Waals surface area contributed by atoms with E-state index in [1.807, 2.05) is 62.4 Å². The van der Waals surface area contributed by atoms with Crippen LogP contribution in [0.4, 0.5) is 0 Å². The molecule has 0 amide bonds. The molecule has 1 aromatic heterocycles. The van der Waals surface area contributed by atoms with Gasteiger partial charge >= 0.3 is 5.69 Å². The molecule has 0 unspecified atom stereocenters. The first kappa shape index (κ1) is 19.2. The van der Waals surface area contributed by atoms with Gasteiger partial charge in [0, 0.05) is 0 Å². The Labute approximate surface area is 162 Å². The van der Waals surface area contributed by atoms with E-state index in [-0.39, 0.29) is 5.88 Å². The molecular weight excluding hydrogens is 356 g/mol. The van der Waals surface area contributed by atoms with E-state index in [2.05, 4.69) is 9.97 Å². The Balaban J connectivity index is 1.70. The van der Waals surface area contributed by atoms with Crippen LogP contribution in [0.2, 0.25) is 0 Å². The molecule has 1 heterocycles. The van der Waals surface area contributed by atoms with Gasteiger partial charge in [0.15, 0.2) is 0 Å². The lowest BCUT2D eigenvalue weighted by atomic mass is 10.1. The molecule has 0 saturated heterocycles. The van der Waals surface area contributed by atoms with Gasteiger partial charge in [0.25, 0.3) is 5.56 Å². The largest absolute Gasteiger partial charge is 0.496 e. The van der Waals surface area contributed by atoms with Crippen molar-refractivity contribution in [2.75, 3.05) is 0 Å². The molecular formula is C22H22N2O4. The SMILES string of the molecule is CCc1c(Oc2ccc(/C=C/OCc3ccccc3)cc2C)[nH]c(=O)[nH]c1=O. The zero-order valence-electron chi connectivity index (χ0n) is 15.8. The second-order valence-corrected chi connectivity index (χ2v) is 6.30. The van der Waals surface area contributed by atoms with Gasteiger partial charge in [-0.05, 0) is 48.2 Å². The molecule has 0 radical (unpaired) electrons. The maximum atomic E-state index is 11.9. The smallest absolute Gasteiger partial charge is 0.328 e. The van der Waals surface area contributed by atoms with Gasteiger partial charge in [0.1, 0.15) is 12.4 Å². The fourth-order valence-electron chi connectivity index (χ4n) is 2.75. The van der Waals surface area contributed by atoms with Crippen molar-refractivity contribution in [2.24, 2.45) is 0 Å². The fourth-order valence-corrected chi connectivity index (χ4v) is 2.75. The van der Waals surface area contributed by atoms with Gasteiger partial charge in [-0.25, -0.2) is 4.79 Å². The number of hydrogen-bond acceptors (Lipinski definition) is 4. The Morgan fingerprint density at radius 3 is 2.54 bits per heavy atom. The highest BCUT2D eigenvalue weighted by atomic mass is 16.5. The highest BCUT2D eigenvalue weighted by molar-refractivity contribution is 5.53. The minimum absolute atomic E-state index is 0.175. The van der Waals surface area contributed by atoms with Gasteiger partial charge in [0.2, 0.25) is 5.88 Å². The van der Waals surface area contributed by atoms with Crippen LogP contribution in [0.15, 0.2) is 64.4 Å². The Kier molecular flexibility index (Phi) is 6.11. The van der Waals surface area contributed by atoms with E-state index in [4.69, 9.17) is 9.47 Å². The number of benzene rings is 2. The van der Waals surface area contributed by atoms with E-state index in [0.717, 1.165) is 16.7 Å². The quantitative estimate of drug-likeness (QED) is 0.611. The molecule has 0 saturated carbocycles. The molecule has 6 nitrogen and oxygen atoms in total. The fraction of sp³-hybridized carbons (Fsp3) is 0.182. The highest BCUT2D eigenvalue weighted by Gasteiger charge is 2.11. The van der Waals surface area contributed by atoms with E-state index in [9.17, 15) is 9.59 Å². The number of H-pyrrole nitrogens is 2. The predicted octanol–water partition coefficient (Wildman–Crippen LogP) is 3.91. The number of ether oxygens (including phenoxy) is 2. The predicted molar refractivity (Wildman–Crippen MR) is 109 cm³/mol. The van der Waals surface area contributed by atoms with Crippen molar-refractivity contribution in [1.29, 1.82) is 0 Å². The lowest BCUT2D eigenvalue weighted by Gasteiger charge is -2.11. The van der Waals surface area contributed by atoms with Crippen LogP contribution in [-0.4, -0.2) is 9.97 Å². The summed E-state index contributed by atoms with van der Waals surface area (Å²) in [4.78, 5) is 28.2. The summed E-state index contributed by atoms with van der Waals surface area (Å²) >= 11 is 0. The molecule has 28 heavy (non-hydrogen) atoms. The van der Waals surface area contributed by atoms with Crippen LogP contribution < -0.4 is 16.0 Å². The van der Waals surface area contributed by atoms with Crippen LogP contribution in [0.5, 0.6) is 11.6 Å². The van der Waals surface area contributed by atoms with Crippen LogP contribution in [-0.2, 0) is 17.8 Å². The molecule has 144 valence electrons. The topological polar surface area (TPSA) is 84.2 Å². The summed E-state index contributed by atoms with van der Waals surface area (Å²) in [6, 6.07) is 15.5. The molecule has 6 heteroatoms. The molecule has 0 atom stereocenters. The maximum Gasteiger partial charge on any atom is 0.328 e. The van der Waals surface area contributed by atoms with Crippen molar-refractivity contribution in [3.63, 3.8) is 0 Å². The summed E-state index contributed by atoms with van der Waals surface area (Å²) in [6.07, 6.45) is 3.97. The number of aryl methyl sites for hydroxylation is 1. The third-order valence-electron chi connectivity index (χ3n) is 4.22. The minimum atomic E-state index is -0.593. The zero-order chi connectivity index (χ0) is 19.9. The molecule has 2 aromatic carbocycles. The van der Waals surface area contributed by atoms with Crippen LogP contribution >= 0.6 is 0 Å². The Hall–Kier alpha value is -3.54. The maximum absolute atomic E-state index is 11.9. The van der Waals surface area contributed by atoms with Gasteiger partial charge in [-0.2, -0.15) is 0 Å². The van der Waals surface area contributed by atoms with E-state index >= 15 is 0 Å². The number of hydrogen-bond donors (Lipinski definition) is 2. The first-order valence-corrected chi connectivity index (χ1v) is 9.03. The Morgan fingerprint density at radius 1 is 1.04 bits per heavy atom. The molecule has 0 aliphatic heterocycles. The molecule has 0 aliphatic rings. The third kappa shape index (κ3) is 4.79. The van der Waals surface area contributed by atoms with Crippen molar-refractivity contribution in [2.45, 2.75) is 26.9 Å². The summed E-state index contributed by atoms with van der Waals surface area (Å²) in [5.41, 5.74) is 2.29. The van der Waals surface area contributed by atoms with E-state index < -0.39 is 11.2 Å². The summed E-state index contributed by atoms with van der Waals surface area (Å²) in [5, 5.41) is 0. The van der Waals surface area contributed by atoms with Gasteiger partial charge in [-0.1, -0.05) is 43.3 Å². The van der Waals surface area contributed by atoms with Crippen molar-refractivity contribution in [3.8, 4) is 11.6 Å². The van der Waals surface area contributed by atoms with Crippen molar-refractivity contribution >= 4 is 6.08 Å². The van der Waals surface area contributed by atoms with Gasteiger partial charge in [-0.3, -0.25) is 14.8 Å². The lowest BCUT2D eigenvalue weighted by Crippen LogP contribution is -2.25. The van der Waals surface area contributed by atoms with Crippen LogP contribution in [0.1, 0.15) is 29.2 Å². The molecule has 2 N–H and O–H groups in total. The van der Waals surface area contributed by atoms with Gasteiger partial charge < -0.3 is 9.47 Å². The monoisotopic (exact) mass is 378 g/mol. The number of rotatable bonds is 7.